The lowest BCUT2D eigenvalue weighted by Crippen LogP contribution is -2.32. The average molecular weight is 621 g/mol. The van der Waals surface area contributed by atoms with Crippen molar-refractivity contribution in [3.05, 3.63) is 96.4 Å². The van der Waals surface area contributed by atoms with Crippen LogP contribution in [0.1, 0.15) is 29.9 Å². The van der Waals surface area contributed by atoms with E-state index in [1.807, 2.05) is 85.3 Å². The van der Waals surface area contributed by atoms with Crippen LogP contribution < -0.4 is 25.6 Å². The monoisotopic (exact) mass is 620 g/mol. The quantitative estimate of drug-likeness (QED) is 0.143. The predicted octanol–water partition coefficient (Wildman–Crippen LogP) is 6.66. The number of para-hydroxylation sites is 1. The molecule has 11 nitrogen and oxygen atoms in total. The van der Waals surface area contributed by atoms with Crippen LogP contribution in [-0.4, -0.2) is 64.7 Å². The van der Waals surface area contributed by atoms with Crippen molar-refractivity contribution in [2.24, 2.45) is 7.05 Å². The number of carbonyl (C=O) groups excluding carboxylic acids is 2. The summed E-state index contributed by atoms with van der Waals surface area (Å²) in [5, 5.41) is 10.1. The van der Waals surface area contributed by atoms with Gasteiger partial charge in [0.2, 0.25) is 0 Å². The topological polar surface area (TPSA) is 117 Å². The second kappa shape index (κ2) is 14.6. The highest BCUT2D eigenvalue weighted by molar-refractivity contribution is 6.07. The number of aromatic nitrogens is 3. The van der Waals surface area contributed by atoms with Gasteiger partial charge in [-0.15, -0.1) is 0 Å². The van der Waals surface area contributed by atoms with Crippen LogP contribution in [-0.2, 0) is 7.05 Å². The van der Waals surface area contributed by atoms with Gasteiger partial charge in [-0.25, -0.2) is 14.8 Å². The van der Waals surface area contributed by atoms with Crippen molar-refractivity contribution in [3.8, 4) is 5.75 Å². The SMILES string of the molecule is CCN(CC)CCOc1ccc(Nc2cc(N(C)C(=O)Nc3cc(NC(=O)c4cc5ccccc5n4C)ccc3C)ncn2)cc1. The second-order valence-electron chi connectivity index (χ2n) is 10.9. The minimum Gasteiger partial charge on any atom is -0.492 e. The third-order valence-electron chi connectivity index (χ3n) is 7.92. The summed E-state index contributed by atoms with van der Waals surface area (Å²) >= 11 is 0. The molecule has 3 aromatic carbocycles. The highest BCUT2D eigenvalue weighted by Gasteiger charge is 2.17. The maximum Gasteiger partial charge on any atom is 0.327 e. The molecule has 0 atom stereocenters. The number of likely N-dealkylation sites (N-methyl/N-ethyl adjacent to an activating group) is 1. The van der Waals surface area contributed by atoms with E-state index >= 15 is 0 Å². The van der Waals surface area contributed by atoms with Gasteiger partial charge < -0.3 is 30.2 Å². The number of carbonyl (C=O) groups is 2. The van der Waals surface area contributed by atoms with E-state index in [0.29, 0.717) is 35.3 Å². The molecule has 3 N–H and O–H groups in total. The summed E-state index contributed by atoms with van der Waals surface area (Å²) in [6.45, 7) is 9.68. The molecular weight excluding hydrogens is 580 g/mol. The molecule has 0 spiro atoms. The van der Waals surface area contributed by atoms with Crippen molar-refractivity contribution in [1.29, 1.82) is 0 Å². The summed E-state index contributed by atoms with van der Waals surface area (Å²) < 4.78 is 7.74. The van der Waals surface area contributed by atoms with Crippen LogP contribution in [0.2, 0.25) is 0 Å². The van der Waals surface area contributed by atoms with E-state index in [1.54, 1.807) is 19.2 Å². The lowest BCUT2D eigenvalue weighted by molar-refractivity contribution is 0.101. The summed E-state index contributed by atoms with van der Waals surface area (Å²) in [7, 11) is 3.50. The minimum atomic E-state index is -0.392. The molecule has 5 rings (SSSR count). The fraction of sp³-hybridized carbons (Fsp3) is 0.257. The predicted molar refractivity (Wildman–Crippen MR) is 185 cm³/mol. The Morgan fingerprint density at radius 1 is 0.891 bits per heavy atom. The van der Waals surface area contributed by atoms with Crippen molar-refractivity contribution >= 4 is 51.5 Å². The Morgan fingerprint density at radius 2 is 1.63 bits per heavy atom. The number of urea groups is 1. The van der Waals surface area contributed by atoms with Crippen LogP contribution in [0.15, 0.2) is 85.2 Å². The molecule has 0 bridgehead atoms. The van der Waals surface area contributed by atoms with E-state index in [-0.39, 0.29) is 5.91 Å². The maximum atomic E-state index is 13.3. The first-order valence-electron chi connectivity index (χ1n) is 15.3. The van der Waals surface area contributed by atoms with Gasteiger partial charge in [-0.05, 0) is 74.1 Å². The zero-order valence-corrected chi connectivity index (χ0v) is 26.9. The standard InChI is InChI=1S/C35H40N8O3/c1-6-43(7-2)18-19-46-28-16-14-26(15-17-28)38-32-22-33(37-23-36-32)42(5)35(45)40-29-21-27(13-12-24(29)3)39-34(44)31-20-25-10-8-9-11-30(25)41(31)4/h8-17,20-23H,6-7,18-19H2,1-5H3,(H,39,44)(H,40,45)(H,36,37,38). The molecule has 0 unspecified atom stereocenters. The Kier molecular flexibility index (Phi) is 10.1. The molecule has 0 aliphatic carbocycles. The van der Waals surface area contributed by atoms with Crippen LogP contribution in [0.5, 0.6) is 5.75 Å². The Morgan fingerprint density at radius 3 is 2.37 bits per heavy atom. The molecule has 0 radical (unpaired) electrons. The molecule has 0 fully saturated rings. The first kappa shape index (κ1) is 32.0. The molecule has 2 heterocycles. The van der Waals surface area contributed by atoms with Crippen molar-refractivity contribution in [2.45, 2.75) is 20.8 Å². The van der Waals surface area contributed by atoms with Crippen LogP contribution >= 0.6 is 0 Å². The van der Waals surface area contributed by atoms with E-state index in [2.05, 4.69) is 44.7 Å². The number of benzene rings is 3. The van der Waals surface area contributed by atoms with E-state index in [9.17, 15) is 9.59 Å². The van der Waals surface area contributed by atoms with E-state index < -0.39 is 6.03 Å². The second-order valence-corrected chi connectivity index (χ2v) is 10.9. The molecule has 2 aromatic heterocycles. The molecule has 238 valence electrons. The Hall–Kier alpha value is -5.42. The number of anilines is 5. The largest absolute Gasteiger partial charge is 0.492 e. The molecule has 46 heavy (non-hydrogen) atoms. The number of amides is 3. The zero-order valence-electron chi connectivity index (χ0n) is 26.9. The van der Waals surface area contributed by atoms with Gasteiger partial charge >= 0.3 is 6.03 Å². The number of fused-ring (bicyclic) bond motifs is 1. The highest BCUT2D eigenvalue weighted by atomic mass is 16.5. The molecule has 5 aromatic rings. The normalized spacial score (nSPS) is 11.0. The lowest BCUT2D eigenvalue weighted by atomic mass is 10.1. The molecule has 0 aliphatic rings. The molecular formula is C35H40N8O3. The third kappa shape index (κ3) is 7.62. The van der Waals surface area contributed by atoms with Crippen LogP contribution in [0.3, 0.4) is 0 Å². The van der Waals surface area contributed by atoms with Crippen molar-refractivity contribution in [3.63, 3.8) is 0 Å². The maximum absolute atomic E-state index is 13.3. The molecule has 3 amide bonds. The summed E-state index contributed by atoms with van der Waals surface area (Å²) in [5.74, 6) is 1.50. The Labute approximate surface area is 269 Å². The smallest absolute Gasteiger partial charge is 0.327 e. The highest BCUT2D eigenvalue weighted by Crippen LogP contribution is 2.25. The van der Waals surface area contributed by atoms with Gasteiger partial charge in [-0.3, -0.25) is 9.69 Å². The molecule has 0 saturated carbocycles. The van der Waals surface area contributed by atoms with Gasteiger partial charge in [0.05, 0.1) is 0 Å². The lowest BCUT2D eigenvalue weighted by Gasteiger charge is -2.19. The summed E-state index contributed by atoms with van der Waals surface area (Å²) in [4.78, 5) is 38.7. The number of nitrogens with one attached hydrogen (secondary N) is 3. The fourth-order valence-electron chi connectivity index (χ4n) is 5.05. The zero-order chi connectivity index (χ0) is 32.6. The van der Waals surface area contributed by atoms with Gasteiger partial charge in [0, 0.05) is 54.7 Å². The first-order chi connectivity index (χ1) is 22.2. The average Bonchev–Trinajstić information content (AvgIpc) is 3.41. The number of hydrogen-bond acceptors (Lipinski definition) is 7. The first-order valence-corrected chi connectivity index (χ1v) is 15.3. The summed E-state index contributed by atoms with van der Waals surface area (Å²) in [6, 6.07) is 24.0. The number of aryl methyl sites for hydroxylation is 2. The minimum absolute atomic E-state index is 0.240. The van der Waals surface area contributed by atoms with Crippen molar-refractivity contribution in [2.75, 3.05) is 54.1 Å². The van der Waals surface area contributed by atoms with E-state index in [4.69, 9.17) is 4.74 Å². The third-order valence-corrected chi connectivity index (χ3v) is 7.92. The fourth-order valence-corrected chi connectivity index (χ4v) is 5.05. The van der Waals surface area contributed by atoms with Gasteiger partial charge in [0.25, 0.3) is 5.91 Å². The Bertz CT molecular complexity index is 1810. The number of nitrogens with zero attached hydrogens (tertiary/aromatic N) is 5. The van der Waals surface area contributed by atoms with Gasteiger partial charge in [-0.1, -0.05) is 38.1 Å². The van der Waals surface area contributed by atoms with Gasteiger partial charge in [-0.2, -0.15) is 0 Å². The van der Waals surface area contributed by atoms with Crippen LogP contribution in [0.25, 0.3) is 10.9 Å². The summed E-state index contributed by atoms with van der Waals surface area (Å²) in [5.41, 5.74) is 4.31. The van der Waals surface area contributed by atoms with Crippen molar-refractivity contribution < 1.29 is 14.3 Å². The molecule has 0 saturated heterocycles. The van der Waals surface area contributed by atoms with E-state index in [0.717, 1.165) is 47.5 Å². The van der Waals surface area contributed by atoms with E-state index in [1.165, 1.54) is 11.2 Å². The summed E-state index contributed by atoms with van der Waals surface area (Å²) in [6.07, 6.45) is 1.40. The van der Waals surface area contributed by atoms with Gasteiger partial charge in [0.15, 0.2) is 0 Å². The number of ether oxygens (including phenoxy) is 1. The number of hydrogen-bond donors (Lipinski definition) is 3. The van der Waals surface area contributed by atoms with Crippen LogP contribution in [0.4, 0.5) is 33.5 Å². The molecule has 0 aliphatic heterocycles. The van der Waals surface area contributed by atoms with Crippen LogP contribution in [0, 0.1) is 6.92 Å². The van der Waals surface area contributed by atoms with Crippen molar-refractivity contribution in [1.82, 2.24) is 19.4 Å². The Balaban J connectivity index is 1.20. The number of rotatable bonds is 12. The molecule has 11 heteroatoms. The van der Waals surface area contributed by atoms with Gasteiger partial charge in [0.1, 0.15) is 36.0 Å².